The van der Waals surface area contributed by atoms with Gasteiger partial charge in [0.15, 0.2) is 0 Å². The van der Waals surface area contributed by atoms with Crippen molar-refractivity contribution in [3.63, 3.8) is 0 Å². The van der Waals surface area contributed by atoms with E-state index in [4.69, 9.17) is 10.8 Å². The van der Waals surface area contributed by atoms with E-state index in [0.29, 0.717) is 11.3 Å². The third-order valence-electron chi connectivity index (χ3n) is 3.05. The number of carbonyl (C=O) groups excluding carboxylic acids is 3. The monoisotopic (exact) mass is 337 g/mol. The van der Waals surface area contributed by atoms with Crippen LogP contribution in [0.15, 0.2) is 18.2 Å². The number of hydrogen-bond donors (Lipinski definition) is 4. The summed E-state index contributed by atoms with van der Waals surface area (Å²) in [6.45, 7) is -0.908. The van der Waals surface area contributed by atoms with E-state index in [9.17, 15) is 19.2 Å². The molecule has 1 aromatic carbocycles. The SMILES string of the molecule is COC(=O)CCc1ccc(N)cc1C(=O)NCC(=O)NCC(=O)O. The van der Waals surface area contributed by atoms with Crippen LogP contribution in [0.2, 0.25) is 0 Å². The van der Waals surface area contributed by atoms with Crippen molar-refractivity contribution in [2.45, 2.75) is 12.8 Å². The smallest absolute Gasteiger partial charge is 0.322 e. The number of methoxy groups -OCH3 is 1. The lowest BCUT2D eigenvalue weighted by atomic mass is 10.0. The average Bonchev–Trinajstić information content (AvgIpc) is 2.56. The molecule has 1 aromatic rings. The van der Waals surface area contributed by atoms with Crippen LogP contribution >= 0.6 is 0 Å². The van der Waals surface area contributed by atoms with Crippen LogP contribution < -0.4 is 16.4 Å². The highest BCUT2D eigenvalue weighted by molar-refractivity contribution is 5.98. The van der Waals surface area contributed by atoms with Gasteiger partial charge in [0, 0.05) is 17.7 Å². The standard InChI is InChI=1S/C15H19N3O6/c1-24-14(22)5-3-9-2-4-10(16)6-11(9)15(23)18-7-12(19)17-8-13(20)21/h2,4,6H,3,5,7-8,16H2,1H3,(H,17,19)(H,18,23)(H,20,21). The van der Waals surface area contributed by atoms with Gasteiger partial charge in [-0.2, -0.15) is 0 Å². The van der Waals surface area contributed by atoms with Gasteiger partial charge in [0.05, 0.1) is 13.7 Å². The zero-order valence-corrected chi connectivity index (χ0v) is 13.1. The maximum absolute atomic E-state index is 12.2. The topological polar surface area (TPSA) is 148 Å². The number of esters is 1. The minimum Gasteiger partial charge on any atom is -0.480 e. The van der Waals surface area contributed by atoms with Crippen molar-refractivity contribution in [2.24, 2.45) is 0 Å². The average molecular weight is 337 g/mol. The third-order valence-corrected chi connectivity index (χ3v) is 3.05. The molecule has 0 fully saturated rings. The Bertz CT molecular complexity index is 644. The molecule has 0 saturated heterocycles. The number of carboxylic acid groups (broad SMARTS) is 1. The van der Waals surface area contributed by atoms with Gasteiger partial charge in [-0.15, -0.1) is 0 Å². The number of carboxylic acids is 1. The van der Waals surface area contributed by atoms with Gasteiger partial charge in [-0.3, -0.25) is 19.2 Å². The van der Waals surface area contributed by atoms with Crippen LogP contribution in [0, 0.1) is 0 Å². The fourth-order valence-electron chi connectivity index (χ4n) is 1.85. The van der Waals surface area contributed by atoms with E-state index in [1.54, 1.807) is 12.1 Å². The number of ether oxygens (including phenoxy) is 1. The number of benzene rings is 1. The number of rotatable bonds is 8. The van der Waals surface area contributed by atoms with Gasteiger partial charge in [0.25, 0.3) is 5.91 Å². The van der Waals surface area contributed by atoms with E-state index in [-0.39, 0.29) is 24.9 Å². The van der Waals surface area contributed by atoms with Gasteiger partial charge in [-0.05, 0) is 24.1 Å². The van der Waals surface area contributed by atoms with Crippen molar-refractivity contribution in [3.05, 3.63) is 29.3 Å². The van der Waals surface area contributed by atoms with Crippen molar-refractivity contribution in [1.29, 1.82) is 0 Å². The van der Waals surface area contributed by atoms with E-state index in [2.05, 4.69) is 15.4 Å². The highest BCUT2D eigenvalue weighted by Gasteiger charge is 2.14. The van der Waals surface area contributed by atoms with Gasteiger partial charge in [-0.1, -0.05) is 6.07 Å². The third kappa shape index (κ3) is 6.34. The highest BCUT2D eigenvalue weighted by atomic mass is 16.5. The minimum atomic E-state index is -1.18. The first-order valence-electron chi connectivity index (χ1n) is 7.05. The van der Waals surface area contributed by atoms with E-state index in [0.717, 1.165) is 0 Å². The molecule has 0 aromatic heterocycles. The Labute approximate surface area is 138 Å². The van der Waals surface area contributed by atoms with E-state index < -0.39 is 30.3 Å². The number of hydrogen-bond acceptors (Lipinski definition) is 6. The second-order valence-electron chi connectivity index (χ2n) is 4.85. The summed E-state index contributed by atoms with van der Waals surface area (Å²) in [5.41, 5.74) is 6.85. The Morgan fingerprint density at radius 3 is 2.50 bits per heavy atom. The van der Waals surface area contributed by atoms with Crippen LogP contribution in [0.4, 0.5) is 5.69 Å². The fraction of sp³-hybridized carbons (Fsp3) is 0.333. The van der Waals surface area contributed by atoms with Crippen molar-refractivity contribution in [1.82, 2.24) is 10.6 Å². The highest BCUT2D eigenvalue weighted by Crippen LogP contribution is 2.16. The normalized spacial score (nSPS) is 9.88. The molecule has 0 aliphatic carbocycles. The fourth-order valence-corrected chi connectivity index (χ4v) is 1.85. The maximum atomic E-state index is 12.2. The van der Waals surface area contributed by atoms with Crippen LogP contribution in [-0.4, -0.2) is 49.1 Å². The second kappa shape index (κ2) is 9.13. The number of aliphatic carboxylic acids is 1. The molecule has 5 N–H and O–H groups in total. The molecule has 0 heterocycles. The van der Waals surface area contributed by atoms with Crippen LogP contribution in [0.1, 0.15) is 22.3 Å². The molecule has 0 saturated carbocycles. The Kier molecular flexibility index (Phi) is 7.21. The molecular weight excluding hydrogens is 318 g/mol. The molecular formula is C15H19N3O6. The van der Waals surface area contributed by atoms with Crippen LogP contribution in [0.5, 0.6) is 0 Å². The molecule has 0 spiro atoms. The summed E-state index contributed by atoms with van der Waals surface area (Å²) in [4.78, 5) is 45.2. The van der Waals surface area contributed by atoms with Crippen molar-refractivity contribution < 1.29 is 29.0 Å². The van der Waals surface area contributed by atoms with Gasteiger partial charge in [0.2, 0.25) is 5.91 Å². The van der Waals surface area contributed by atoms with Crippen molar-refractivity contribution >= 4 is 29.4 Å². The van der Waals surface area contributed by atoms with Crippen molar-refractivity contribution in [2.75, 3.05) is 25.9 Å². The predicted octanol–water partition coefficient (Wildman–Crippen LogP) is -0.695. The molecule has 0 atom stereocenters. The lowest BCUT2D eigenvalue weighted by Gasteiger charge is -2.11. The van der Waals surface area contributed by atoms with E-state index in [1.807, 2.05) is 0 Å². The lowest BCUT2D eigenvalue weighted by molar-refractivity contribution is -0.140. The number of nitrogens with one attached hydrogen (secondary N) is 2. The maximum Gasteiger partial charge on any atom is 0.322 e. The molecule has 130 valence electrons. The number of nitrogens with two attached hydrogens (primary N) is 1. The van der Waals surface area contributed by atoms with Gasteiger partial charge in [0.1, 0.15) is 6.54 Å². The molecule has 0 bridgehead atoms. The lowest BCUT2D eigenvalue weighted by Crippen LogP contribution is -2.39. The number of aryl methyl sites for hydroxylation is 1. The summed E-state index contributed by atoms with van der Waals surface area (Å²) < 4.78 is 4.56. The van der Waals surface area contributed by atoms with Crippen LogP contribution in [0.25, 0.3) is 0 Å². The van der Waals surface area contributed by atoms with E-state index >= 15 is 0 Å². The zero-order valence-electron chi connectivity index (χ0n) is 13.1. The molecule has 0 radical (unpaired) electrons. The molecule has 1 rings (SSSR count). The van der Waals surface area contributed by atoms with E-state index in [1.165, 1.54) is 13.2 Å². The summed E-state index contributed by atoms with van der Waals surface area (Å²) in [5.74, 6) is -2.78. The van der Waals surface area contributed by atoms with Crippen LogP contribution in [0.3, 0.4) is 0 Å². The molecule has 0 unspecified atom stereocenters. The Morgan fingerprint density at radius 2 is 1.88 bits per heavy atom. The predicted molar refractivity (Wildman–Crippen MR) is 84.2 cm³/mol. The Balaban J connectivity index is 2.71. The summed E-state index contributed by atoms with van der Waals surface area (Å²) >= 11 is 0. The molecule has 9 heteroatoms. The van der Waals surface area contributed by atoms with Crippen LogP contribution in [-0.2, 0) is 25.5 Å². The number of amides is 2. The first-order chi connectivity index (χ1) is 11.3. The summed E-state index contributed by atoms with van der Waals surface area (Å²) in [6.07, 6.45) is 0.376. The first kappa shape index (κ1) is 18.9. The summed E-state index contributed by atoms with van der Waals surface area (Å²) in [6, 6.07) is 4.66. The molecule has 2 amide bonds. The van der Waals surface area contributed by atoms with Crippen molar-refractivity contribution in [3.8, 4) is 0 Å². The minimum absolute atomic E-state index is 0.0970. The molecule has 0 aliphatic heterocycles. The number of anilines is 1. The number of carbonyl (C=O) groups is 4. The summed E-state index contributed by atoms with van der Waals surface area (Å²) in [7, 11) is 1.27. The Hall–Kier alpha value is -3.10. The van der Waals surface area contributed by atoms with Gasteiger partial charge < -0.3 is 26.2 Å². The quantitative estimate of drug-likeness (QED) is 0.362. The first-order valence-corrected chi connectivity index (χ1v) is 7.05. The zero-order chi connectivity index (χ0) is 18.1. The molecule has 0 aliphatic rings. The Morgan fingerprint density at radius 1 is 1.17 bits per heavy atom. The molecule has 9 nitrogen and oxygen atoms in total. The van der Waals surface area contributed by atoms with Gasteiger partial charge >= 0.3 is 11.9 Å². The molecule has 24 heavy (non-hydrogen) atoms. The summed E-state index contributed by atoms with van der Waals surface area (Å²) in [5, 5.41) is 13.0. The van der Waals surface area contributed by atoms with Gasteiger partial charge in [-0.25, -0.2) is 0 Å². The number of nitrogen functional groups attached to an aromatic ring is 1. The largest absolute Gasteiger partial charge is 0.480 e. The second-order valence-corrected chi connectivity index (χ2v) is 4.85.